The van der Waals surface area contributed by atoms with Crippen molar-refractivity contribution < 1.29 is 37.6 Å². The van der Waals surface area contributed by atoms with E-state index >= 15 is 0 Å². The van der Waals surface area contributed by atoms with E-state index in [9.17, 15) is 19.0 Å². The number of carbonyl (C=O) groups excluding carboxylic acids is 2. The molecule has 2 unspecified atom stereocenters. The summed E-state index contributed by atoms with van der Waals surface area (Å²) in [6.07, 6.45) is 68.7. The molecule has 0 saturated carbocycles. The van der Waals surface area contributed by atoms with Crippen molar-refractivity contribution in [3.63, 3.8) is 0 Å². The average Bonchev–Trinajstić information content (AvgIpc) is 3.36. The molecule has 0 bridgehead atoms. The largest absolute Gasteiger partial charge is 0.472 e. The summed E-state index contributed by atoms with van der Waals surface area (Å²) < 4.78 is 32.9. The molecule has 0 aliphatic carbocycles. The molecule has 0 aliphatic rings. The van der Waals surface area contributed by atoms with Gasteiger partial charge in [-0.25, -0.2) is 4.57 Å². The minimum Gasteiger partial charge on any atom is -0.462 e. The number of hydrogen-bond acceptors (Lipinski definition) is 8. The Labute approximate surface area is 440 Å². The van der Waals surface area contributed by atoms with Crippen molar-refractivity contribution in [1.29, 1.82) is 0 Å². The van der Waals surface area contributed by atoms with E-state index in [-0.39, 0.29) is 38.6 Å². The number of nitrogens with two attached hydrogens (primary N) is 1. The molecule has 3 N–H and O–H groups in total. The van der Waals surface area contributed by atoms with Gasteiger partial charge in [0.25, 0.3) is 0 Å². The van der Waals surface area contributed by atoms with E-state index in [4.69, 9.17) is 24.3 Å². The van der Waals surface area contributed by atoms with Gasteiger partial charge in [0.05, 0.1) is 13.2 Å². The summed E-state index contributed by atoms with van der Waals surface area (Å²) in [7, 11) is -4.38. The number of rotatable bonds is 59. The summed E-state index contributed by atoms with van der Waals surface area (Å²) in [5.74, 6) is -0.825. The molecule has 71 heavy (non-hydrogen) atoms. The zero-order chi connectivity index (χ0) is 51.7. The van der Waals surface area contributed by atoms with Crippen molar-refractivity contribution >= 4 is 19.8 Å². The van der Waals surface area contributed by atoms with Gasteiger partial charge in [-0.1, -0.05) is 276 Å². The van der Waals surface area contributed by atoms with Gasteiger partial charge in [0.1, 0.15) is 6.61 Å². The van der Waals surface area contributed by atoms with Gasteiger partial charge in [-0.3, -0.25) is 18.6 Å². The predicted octanol–water partition coefficient (Wildman–Crippen LogP) is 19.4. The fraction of sp³-hybridized carbons (Fsp3) is 0.902. The first-order chi connectivity index (χ1) is 34.8. The molecular weight excluding hydrogens is 906 g/mol. The van der Waals surface area contributed by atoms with Crippen LogP contribution in [0.4, 0.5) is 0 Å². The van der Waals surface area contributed by atoms with Crippen molar-refractivity contribution in [2.75, 3.05) is 26.4 Å². The van der Waals surface area contributed by atoms with Gasteiger partial charge in [0, 0.05) is 19.4 Å². The fourth-order valence-electron chi connectivity index (χ4n) is 9.20. The molecule has 0 saturated heterocycles. The maximum Gasteiger partial charge on any atom is 0.472 e. The first-order valence-electron chi connectivity index (χ1n) is 30.8. The number of allylic oxidation sites excluding steroid dienone is 4. The highest BCUT2D eigenvalue weighted by atomic mass is 31.2. The van der Waals surface area contributed by atoms with Crippen molar-refractivity contribution in [3.05, 3.63) is 24.3 Å². The van der Waals surface area contributed by atoms with E-state index in [2.05, 4.69) is 38.2 Å². The van der Waals surface area contributed by atoms with Gasteiger partial charge in [0.15, 0.2) is 6.10 Å². The maximum absolute atomic E-state index is 12.7. The molecule has 0 rings (SSSR count). The van der Waals surface area contributed by atoms with Gasteiger partial charge >= 0.3 is 19.8 Å². The zero-order valence-electron chi connectivity index (χ0n) is 47.0. The first-order valence-corrected chi connectivity index (χ1v) is 32.3. The number of hydrogen-bond donors (Lipinski definition) is 2. The normalized spacial score (nSPS) is 13.1. The summed E-state index contributed by atoms with van der Waals surface area (Å²) in [6, 6.07) is 0. The van der Waals surface area contributed by atoms with Crippen LogP contribution in [0.25, 0.3) is 0 Å². The number of phosphoric ester groups is 1. The Kier molecular flexibility index (Phi) is 56.5. The molecule has 9 nitrogen and oxygen atoms in total. The Morgan fingerprint density at radius 2 is 0.704 bits per heavy atom. The van der Waals surface area contributed by atoms with Crippen molar-refractivity contribution in [3.8, 4) is 0 Å². The minimum absolute atomic E-state index is 0.0547. The van der Waals surface area contributed by atoms with E-state index in [1.54, 1.807) is 0 Å². The lowest BCUT2D eigenvalue weighted by atomic mass is 10.0. The van der Waals surface area contributed by atoms with Gasteiger partial charge < -0.3 is 20.1 Å². The topological polar surface area (TPSA) is 134 Å². The highest BCUT2D eigenvalue weighted by Gasteiger charge is 2.26. The predicted molar refractivity (Wildman–Crippen MR) is 303 cm³/mol. The quantitative estimate of drug-likeness (QED) is 0.0264. The first kappa shape index (κ1) is 69.5. The van der Waals surface area contributed by atoms with Crippen LogP contribution in [0.3, 0.4) is 0 Å². The van der Waals surface area contributed by atoms with Crippen LogP contribution in [0.2, 0.25) is 0 Å². The van der Waals surface area contributed by atoms with Gasteiger partial charge in [0.2, 0.25) is 0 Å². The second-order valence-corrected chi connectivity index (χ2v) is 22.4. The number of carbonyl (C=O) groups is 2. The van der Waals surface area contributed by atoms with E-state index in [0.717, 1.165) is 57.8 Å². The molecule has 0 fully saturated rings. The summed E-state index contributed by atoms with van der Waals surface area (Å²) in [4.78, 5) is 35.0. The maximum atomic E-state index is 12.7. The number of unbranched alkanes of at least 4 members (excludes halogenated alkanes) is 42. The summed E-state index contributed by atoms with van der Waals surface area (Å²) in [5, 5.41) is 0. The standard InChI is InChI=1S/C61H118NO8P/c1-3-5-7-9-11-13-15-16-17-18-19-20-21-22-23-24-25-26-27-28-29-30-31-32-33-34-35-36-37-38-39-40-41-42-44-46-48-50-52-54-61(64)70-59(58-69-71(65,66)68-56-55-62)57-67-60(63)53-51-49-47-45-43-14-12-10-8-6-4-2/h10,12,18-19,59H,3-9,11,13-17,20-58,62H2,1-2H3,(H,65,66)/b12-10-,19-18-. The summed E-state index contributed by atoms with van der Waals surface area (Å²) >= 11 is 0. The Morgan fingerprint density at radius 1 is 0.408 bits per heavy atom. The average molecular weight is 1020 g/mol. The van der Waals surface area contributed by atoms with E-state index in [0.29, 0.717) is 6.42 Å². The van der Waals surface area contributed by atoms with Crippen LogP contribution in [0.15, 0.2) is 24.3 Å². The third-order valence-electron chi connectivity index (χ3n) is 13.8. The van der Waals surface area contributed by atoms with Gasteiger partial charge in [-0.15, -0.1) is 0 Å². The van der Waals surface area contributed by atoms with Crippen LogP contribution in [0.5, 0.6) is 0 Å². The number of ether oxygens (including phenoxy) is 2. The SMILES string of the molecule is CCCC/C=C\CCCCCCCC(=O)OCC(COP(=O)(O)OCCN)OC(=O)CCCCCCCCCCCCCCCCCCCCCCCCCCCCC/C=C\CCCCCCCCCC. The molecule has 0 aliphatic heterocycles. The molecule has 0 aromatic rings. The lowest BCUT2D eigenvalue weighted by molar-refractivity contribution is -0.161. The molecule has 10 heteroatoms. The molecule has 0 amide bonds. The van der Waals surface area contributed by atoms with E-state index < -0.39 is 26.5 Å². The number of esters is 2. The zero-order valence-corrected chi connectivity index (χ0v) is 47.9. The van der Waals surface area contributed by atoms with Crippen LogP contribution < -0.4 is 5.73 Å². The molecule has 2 atom stereocenters. The second-order valence-electron chi connectivity index (χ2n) is 20.9. The van der Waals surface area contributed by atoms with Crippen LogP contribution in [0.1, 0.15) is 322 Å². The Bertz CT molecular complexity index is 1210. The number of phosphoric acid groups is 1. The second kappa shape index (κ2) is 57.8. The third-order valence-corrected chi connectivity index (χ3v) is 14.8. The van der Waals surface area contributed by atoms with E-state index in [1.165, 1.54) is 231 Å². The molecule has 0 aromatic heterocycles. The molecule has 0 spiro atoms. The molecule has 420 valence electrons. The molecule has 0 heterocycles. The smallest absolute Gasteiger partial charge is 0.462 e. The fourth-order valence-corrected chi connectivity index (χ4v) is 9.97. The Morgan fingerprint density at radius 3 is 1.04 bits per heavy atom. The van der Waals surface area contributed by atoms with Gasteiger partial charge in [-0.05, 0) is 57.8 Å². The van der Waals surface area contributed by atoms with Crippen molar-refractivity contribution in [2.45, 2.75) is 328 Å². The van der Waals surface area contributed by atoms with Crippen LogP contribution in [-0.2, 0) is 32.7 Å². The highest BCUT2D eigenvalue weighted by molar-refractivity contribution is 7.47. The molecule has 0 aromatic carbocycles. The molecular formula is C61H118NO8P. The van der Waals surface area contributed by atoms with Crippen molar-refractivity contribution in [2.24, 2.45) is 5.73 Å². The lowest BCUT2D eigenvalue weighted by Crippen LogP contribution is -2.29. The van der Waals surface area contributed by atoms with Crippen molar-refractivity contribution in [1.82, 2.24) is 0 Å². The third kappa shape index (κ3) is 57.6. The van der Waals surface area contributed by atoms with Crippen LogP contribution in [-0.4, -0.2) is 49.3 Å². The highest BCUT2D eigenvalue weighted by Crippen LogP contribution is 2.43. The summed E-state index contributed by atoms with van der Waals surface area (Å²) in [5.41, 5.74) is 5.37. The minimum atomic E-state index is -4.38. The van der Waals surface area contributed by atoms with Crippen LogP contribution >= 0.6 is 7.82 Å². The molecule has 0 radical (unpaired) electrons. The van der Waals surface area contributed by atoms with E-state index in [1.807, 2.05) is 0 Å². The van der Waals surface area contributed by atoms with Crippen LogP contribution in [0, 0.1) is 0 Å². The Hall–Kier alpha value is -1.51. The summed E-state index contributed by atoms with van der Waals surface area (Å²) in [6.45, 7) is 3.73. The van der Waals surface area contributed by atoms with Gasteiger partial charge in [-0.2, -0.15) is 0 Å². The monoisotopic (exact) mass is 1020 g/mol. The lowest BCUT2D eigenvalue weighted by Gasteiger charge is -2.19. The Balaban J connectivity index is 3.68.